The molecule has 0 aliphatic rings. The zero-order valence-electron chi connectivity index (χ0n) is 13.9. The minimum absolute atomic E-state index is 0.0127. The number of nitriles is 1. The minimum Gasteiger partial charge on any atom is -0.460 e. The van der Waals surface area contributed by atoms with E-state index in [0.717, 1.165) is 16.7 Å². The number of esters is 1. The second kappa shape index (κ2) is 7.92. The van der Waals surface area contributed by atoms with Gasteiger partial charge in [0.05, 0.1) is 10.5 Å². The Morgan fingerprint density at radius 2 is 1.92 bits per heavy atom. The number of nitrogens with one attached hydrogen (secondary N) is 1. The lowest BCUT2D eigenvalue weighted by molar-refractivity contribution is -0.143. The van der Waals surface area contributed by atoms with Gasteiger partial charge < -0.3 is 4.74 Å². The molecule has 0 unspecified atom stereocenters. The van der Waals surface area contributed by atoms with Crippen molar-refractivity contribution in [2.45, 2.75) is 25.3 Å². The number of hydrogen-bond donors (Lipinski definition) is 1. The quantitative estimate of drug-likeness (QED) is 0.799. The summed E-state index contributed by atoms with van der Waals surface area (Å²) in [6, 6.07) is 13.4. The van der Waals surface area contributed by atoms with Crippen LogP contribution in [0, 0.1) is 25.2 Å². The van der Waals surface area contributed by atoms with Crippen molar-refractivity contribution < 1.29 is 17.9 Å². The molecule has 2 rings (SSSR count). The summed E-state index contributed by atoms with van der Waals surface area (Å²) in [6.45, 7) is 3.41. The molecule has 0 aliphatic heterocycles. The summed E-state index contributed by atoms with van der Waals surface area (Å²) in [5.41, 5.74) is 2.91. The number of sulfonamides is 1. The van der Waals surface area contributed by atoms with Crippen LogP contribution in [-0.4, -0.2) is 20.9 Å². The van der Waals surface area contributed by atoms with Crippen LogP contribution in [0.1, 0.15) is 22.3 Å². The second-order valence-electron chi connectivity index (χ2n) is 5.52. The van der Waals surface area contributed by atoms with Crippen molar-refractivity contribution in [2.24, 2.45) is 0 Å². The van der Waals surface area contributed by atoms with Crippen LogP contribution in [0.4, 0.5) is 0 Å². The first kappa shape index (κ1) is 18.6. The highest BCUT2D eigenvalue weighted by atomic mass is 32.2. The number of ether oxygens (including phenoxy) is 1. The van der Waals surface area contributed by atoms with Crippen LogP contribution in [0.2, 0.25) is 0 Å². The average Bonchev–Trinajstić information content (AvgIpc) is 2.60. The number of carbonyl (C=O) groups is 1. The molecule has 0 saturated heterocycles. The van der Waals surface area contributed by atoms with Crippen LogP contribution in [0.3, 0.4) is 0 Å². The molecule has 0 spiro atoms. The fourth-order valence-corrected chi connectivity index (χ4v) is 3.31. The molecule has 0 saturated carbocycles. The van der Waals surface area contributed by atoms with E-state index in [2.05, 4.69) is 4.72 Å². The SMILES string of the molecule is Cc1ccc(C)c(COC(=O)CNS(=O)(=O)c2ccccc2C#N)c1. The van der Waals surface area contributed by atoms with E-state index >= 15 is 0 Å². The Hall–Kier alpha value is -2.69. The van der Waals surface area contributed by atoms with Crippen molar-refractivity contribution in [2.75, 3.05) is 6.54 Å². The summed E-state index contributed by atoms with van der Waals surface area (Å²) in [5.74, 6) is -0.695. The molecular formula is C18H18N2O4S. The molecule has 0 bridgehead atoms. The largest absolute Gasteiger partial charge is 0.460 e. The van der Waals surface area contributed by atoms with Crippen molar-refractivity contribution in [1.82, 2.24) is 4.72 Å². The van der Waals surface area contributed by atoms with Crippen LogP contribution in [-0.2, 0) is 26.2 Å². The molecular weight excluding hydrogens is 340 g/mol. The lowest BCUT2D eigenvalue weighted by atomic mass is 10.1. The maximum atomic E-state index is 12.2. The lowest BCUT2D eigenvalue weighted by Crippen LogP contribution is -2.31. The maximum absolute atomic E-state index is 12.2. The smallest absolute Gasteiger partial charge is 0.321 e. The maximum Gasteiger partial charge on any atom is 0.321 e. The summed E-state index contributed by atoms with van der Waals surface area (Å²) in [4.78, 5) is 11.7. The molecule has 2 aromatic carbocycles. The molecule has 0 radical (unpaired) electrons. The molecule has 0 heterocycles. The Morgan fingerprint density at radius 3 is 2.64 bits per heavy atom. The van der Waals surface area contributed by atoms with Crippen molar-refractivity contribution in [1.29, 1.82) is 5.26 Å². The Balaban J connectivity index is 1.97. The number of hydrogen-bond acceptors (Lipinski definition) is 5. The van der Waals surface area contributed by atoms with Gasteiger partial charge in [0.15, 0.2) is 0 Å². The van der Waals surface area contributed by atoms with Gasteiger partial charge in [-0.1, -0.05) is 35.9 Å². The normalized spacial score (nSPS) is 10.9. The standard InChI is InChI=1S/C18H18N2O4S/c1-13-7-8-14(2)16(9-13)12-24-18(21)11-20-25(22,23)17-6-4-3-5-15(17)10-19/h3-9,20H,11-12H2,1-2H3. The van der Waals surface area contributed by atoms with Crippen LogP contribution in [0.25, 0.3) is 0 Å². The Kier molecular flexibility index (Phi) is 5.91. The van der Waals surface area contributed by atoms with Gasteiger partial charge in [-0.2, -0.15) is 9.98 Å². The second-order valence-corrected chi connectivity index (χ2v) is 7.26. The summed E-state index contributed by atoms with van der Waals surface area (Å²) < 4.78 is 31.7. The average molecular weight is 358 g/mol. The molecule has 130 valence electrons. The van der Waals surface area contributed by atoms with Gasteiger partial charge in [-0.15, -0.1) is 0 Å². The number of benzene rings is 2. The minimum atomic E-state index is -3.97. The lowest BCUT2D eigenvalue weighted by Gasteiger charge is -2.10. The molecule has 2 aromatic rings. The third kappa shape index (κ3) is 4.89. The van der Waals surface area contributed by atoms with Crippen LogP contribution >= 0.6 is 0 Å². The predicted molar refractivity (Wildman–Crippen MR) is 92.1 cm³/mol. The Labute approximate surface area is 147 Å². The molecule has 0 fully saturated rings. The van der Waals surface area contributed by atoms with Crippen molar-refractivity contribution in [3.05, 3.63) is 64.7 Å². The van der Waals surface area contributed by atoms with E-state index in [-0.39, 0.29) is 17.1 Å². The first-order valence-corrected chi connectivity index (χ1v) is 9.02. The molecule has 0 atom stereocenters. The van der Waals surface area contributed by atoms with Gasteiger partial charge >= 0.3 is 5.97 Å². The highest BCUT2D eigenvalue weighted by molar-refractivity contribution is 7.89. The van der Waals surface area contributed by atoms with E-state index in [1.807, 2.05) is 38.1 Å². The van der Waals surface area contributed by atoms with Gasteiger partial charge in [0, 0.05) is 0 Å². The number of nitrogens with zero attached hydrogens (tertiary/aromatic N) is 1. The topological polar surface area (TPSA) is 96.3 Å². The molecule has 25 heavy (non-hydrogen) atoms. The zero-order valence-corrected chi connectivity index (χ0v) is 14.8. The predicted octanol–water partition coefficient (Wildman–Crippen LogP) is 2.20. The van der Waals surface area contributed by atoms with Crippen molar-refractivity contribution >= 4 is 16.0 Å². The fraction of sp³-hybridized carbons (Fsp3) is 0.222. The Morgan fingerprint density at radius 1 is 1.20 bits per heavy atom. The summed E-state index contributed by atoms with van der Waals surface area (Å²) in [7, 11) is -3.97. The number of rotatable bonds is 6. The molecule has 0 aromatic heterocycles. The highest BCUT2D eigenvalue weighted by Crippen LogP contribution is 2.14. The van der Waals surface area contributed by atoms with Gasteiger partial charge in [0.25, 0.3) is 0 Å². The van der Waals surface area contributed by atoms with Crippen molar-refractivity contribution in [3.63, 3.8) is 0 Å². The van der Waals surface area contributed by atoms with Crippen LogP contribution in [0.15, 0.2) is 47.4 Å². The summed E-state index contributed by atoms with van der Waals surface area (Å²) in [5, 5.41) is 8.98. The monoisotopic (exact) mass is 358 g/mol. The van der Waals surface area contributed by atoms with E-state index in [1.54, 1.807) is 6.07 Å². The third-order valence-electron chi connectivity index (χ3n) is 3.60. The van der Waals surface area contributed by atoms with Gasteiger partial charge in [-0.3, -0.25) is 4.79 Å². The van der Waals surface area contributed by atoms with Gasteiger partial charge in [-0.25, -0.2) is 8.42 Å². The first-order chi connectivity index (χ1) is 11.8. The van der Waals surface area contributed by atoms with Gasteiger partial charge in [-0.05, 0) is 37.1 Å². The first-order valence-electron chi connectivity index (χ1n) is 7.54. The molecule has 0 amide bonds. The summed E-state index contributed by atoms with van der Waals surface area (Å²) >= 11 is 0. The van der Waals surface area contributed by atoms with E-state index in [1.165, 1.54) is 18.2 Å². The van der Waals surface area contributed by atoms with Gasteiger partial charge in [0.2, 0.25) is 10.0 Å². The van der Waals surface area contributed by atoms with E-state index < -0.39 is 22.5 Å². The highest BCUT2D eigenvalue weighted by Gasteiger charge is 2.19. The molecule has 6 nitrogen and oxygen atoms in total. The van der Waals surface area contributed by atoms with Crippen LogP contribution < -0.4 is 4.72 Å². The van der Waals surface area contributed by atoms with Crippen molar-refractivity contribution in [3.8, 4) is 6.07 Å². The third-order valence-corrected chi connectivity index (χ3v) is 5.06. The van der Waals surface area contributed by atoms with E-state index in [0.29, 0.717) is 0 Å². The van der Waals surface area contributed by atoms with Crippen LogP contribution in [0.5, 0.6) is 0 Å². The van der Waals surface area contributed by atoms with Gasteiger partial charge in [0.1, 0.15) is 19.2 Å². The number of carbonyl (C=O) groups excluding carboxylic acids is 1. The molecule has 7 heteroatoms. The van der Waals surface area contributed by atoms with E-state index in [4.69, 9.17) is 10.00 Å². The molecule has 0 aliphatic carbocycles. The molecule has 1 N–H and O–H groups in total. The zero-order chi connectivity index (χ0) is 18.4. The van der Waals surface area contributed by atoms with E-state index in [9.17, 15) is 13.2 Å². The Bertz CT molecular complexity index is 930. The summed E-state index contributed by atoms with van der Waals surface area (Å²) in [6.07, 6.45) is 0. The number of aryl methyl sites for hydroxylation is 2. The fourth-order valence-electron chi connectivity index (χ4n) is 2.19.